The third-order valence-corrected chi connectivity index (χ3v) is 4.65. The highest BCUT2D eigenvalue weighted by molar-refractivity contribution is 5.90. The number of ether oxygens (including phenoxy) is 1. The zero-order valence-corrected chi connectivity index (χ0v) is 13.9. The van der Waals surface area contributed by atoms with E-state index in [4.69, 9.17) is 10.3 Å². The Hall–Kier alpha value is -3.25. The van der Waals surface area contributed by atoms with Crippen LogP contribution in [0, 0.1) is 5.82 Å². The second kappa shape index (κ2) is 6.57. The molecular formula is C18H16FN5O2. The largest absolute Gasteiger partial charge is 0.444 e. The van der Waals surface area contributed by atoms with Gasteiger partial charge in [0.2, 0.25) is 0 Å². The van der Waals surface area contributed by atoms with Crippen molar-refractivity contribution < 1.29 is 13.9 Å². The number of cyclic esters (lactones) is 1. The highest BCUT2D eigenvalue weighted by atomic mass is 19.1. The number of amides is 1. The summed E-state index contributed by atoms with van der Waals surface area (Å²) in [4.78, 5) is 18.0. The van der Waals surface area contributed by atoms with Gasteiger partial charge < -0.3 is 9.64 Å². The summed E-state index contributed by atoms with van der Waals surface area (Å²) in [6, 6.07) is 12.8. The molecule has 1 fully saturated rings. The first kappa shape index (κ1) is 16.2. The summed E-state index contributed by atoms with van der Waals surface area (Å²) in [5, 5.41) is 3.42. The van der Waals surface area contributed by atoms with E-state index in [-0.39, 0.29) is 18.9 Å². The number of nitrogens with zero attached hydrogens (tertiary/aromatic N) is 5. The second-order valence-electron chi connectivity index (χ2n) is 6.29. The van der Waals surface area contributed by atoms with Gasteiger partial charge in [-0.25, -0.2) is 9.18 Å². The quantitative estimate of drug-likeness (QED) is 0.473. The van der Waals surface area contributed by atoms with Gasteiger partial charge in [-0.2, -0.15) is 0 Å². The minimum Gasteiger partial charge on any atom is -0.444 e. The van der Waals surface area contributed by atoms with E-state index in [1.807, 2.05) is 29.2 Å². The minimum absolute atomic E-state index is 0.0609. The molecule has 1 saturated heterocycles. The molecule has 26 heavy (non-hydrogen) atoms. The Balaban J connectivity index is 1.52. The van der Waals surface area contributed by atoms with Crippen LogP contribution in [0.25, 0.3) is 10.4 Å². The Morgan fingerprint density at radius 2 is 1.96 bits per heavy atom. The Labute approximate surface area is 149 Å². The van der Waals surface area contributed by atoms with Crippen LogP contribution in [0.3, 0.4) is 0 Å². The van der Waals surface area contributed by atoms with Gasteiger partial charge in [0, 0.05) is 18.0 Å². The zero-order valence-electron chi connectivity index (χ0n) is 13.9. The standard InChI is InChI=1S/C18H16FN5O2/c19-16-7-14(24-11-15(8-21-22-20)26-18(24)25)5-6-17(16)23-9-12-3-1-2-4-13(12)10-23/h1-7,15H,8-11H2/t15-/m0/s1. The molecule has 0 radical (unpaired) electrons. The van der Waals surface area contributed by atoms with Crippen molar-refractivity contribution in [2.45, 2.75) is 19.2 Å². The van der Waals surface area contributed by atoms with Gasteiger partial charge in [-0.3, -0.25) is 4.90 Å². The predicted molar refractivity (Wildman–Crippen MR) is 94.4 cm³/mol. The minimum atomic E-state index is -0.566. The van der Waals surface area contributed by atoms with Crippen LogP contribution in [-0.4, -0.2) is 25.3 Å². The Bertz CT molecular complexity index is 887. The van der Waals surface area contributed by atoms with E-state index in [0.29, 0.717) is 24.5 Å². The lowest BCUT2D eigenvalue weighted by molar-refractivity contribution is 0.145. The lowest BCUT2D eigenvalue weighted by Gasteiger charge is -2.20. The number of azide groups is 1. The van der Waals surface area contributed by atoms with Gasteiger partial charge in [0.25, 0.3) is 0 Å². The van der Waals surface area contributed by atoms with Crippen molar-refractivity contribution in [2.75, 3.05) is 22.9 Å². The SMILES string of the molecule is [N-]=[N+]=NC[C@H]1CN(c2ccc(N3Cc4ccccc4C3)c(F)c2)C(=O)O1. The molecule has 4 rings (SSSR count). The van der Waals surface area contributed by atoms with Gasteiger partial charge in [0.15, 0.2) is 0 Å². The normalized spacial score (nSPS) is 18.5. The van der Waals surface area contributed by atoms with Crippen molar-refractivity contribution in [2.24, 2.45) is 5.11 Å². The maximum atomic E-state index is 14.7. The fourth-order valence-electron chi connectivity index (χ4n) is 3.38. The number of hydrogen-bond acceptors (Lipinski definition) is 4. The lowest BCUT2D eigenvalue weighted by atomic mass is 10.1. The van der Waals surface area contributed by atoms with E-state index >= 15 is 0 Å². The van der Waals surface area contributed by atoms with Crippen LogP contribution in [0.4, 0.5) is 20.6 Å². The number of hydrogen-bond donors (Lipinski definition) is 0. The number of carbonyl (C=O) groups is 1. The smallest absolute Gasteiger partial charge is 0.414 e. The van der Waals surface area contributed by atoms with E-state index < -0.39 is 12.2 Å². The second-order valence-corrected chi connectivity index (χ2v) is 6.29. The summed E-state index contributed by atoms with van der Waals surface area (Å²) in [5.41, 5.74) is 11.7. The molecular weight excluding hydrogens is 337 g/mol. The molecule has 2 aliphatic heterocycles. The maximum Gasteiger partial charge on any atom is 0.414 e. The van der Waals surface area contributed by atoms with Crippen LogP contribution in [0.15, 0.2) is 47.6 Å². The number of carbonyl (C=O) groups excluding carboxylic acids is 1. The molecule has 2 aromatic rings. The first-order valence-electron chi connectivity index (χ1n) is 8.26. The molecule has 1 amide bonds. The molecule has 0 N–H and O–H groups in total. The van der Waals surface area contributed by atoms with E-state index in [0.717, 1.165) is 0 Å². The van der Waals surface area contributed by atoms with Crippen LogP contribution in [0.2, 0.25) is 0 Å². The van der Waals surface area contributed by atoms with Crippen molar-refractivity contribution in [1.29, 1.82) is 0 Å². The fourth-order valence-corrected chi connectivity index (χ4v) is 3.38. The van der Waals surface area contributed by atoms with Crippen molar-refractivity contribution in [3.05, 3.63) is 69.9 Å². The summed E-state index contributed by atoms with van der Waals surface area (Å²) in [7, 11) is 0. The van der Waals surface area contributed by atoms with Crippen LogP contribution in [0.5, 0.6) is 0 Å². The summed E-state index contributed by atoms with van der Waals surface area (Å²) < 4.78 is 19.9. The number of benzene rings is 2. The molecule has 7 nitrogen and oxygen atoms in total. The average Bonchev–Trinajstić information content (AvgIpc) is 3.23. The van der Waals surface area contributed by atoms with Gasteiger partial charge >= 0.3 is 6.09 Å². The summed E-state index contributed by atoms with van der Waals surface area (Å²) in [5.74, 6) is -0.387. The third-order valence-electron chi connectivity index (χ3n) is 4.65. The van der Waals surface area contributed by atoms with Crippen molar-refractivity contribution in [3.63, 3.8) is 0 Å². The molecule has 0 unspecified atom stereocenters. The van der Waals surface area contributed by atoms with E-state index in [1.165, 1.54) is 22.1 Å². The molecule has 0 aliphatic carbocycles. The number of halogens is 1. The summed E-state index contributed by atoms with van der Waals surface area (Å²) in [6.07, 6.45) is -1.09. The molecule has 0 saturated carbocycles. The Kier molecular flexibility index (Phi) is 4.10. The Morgan fingerprint density at radius 1 is 1.23 bits per heavy atom. The first-order chi connectivity index (χ1) is 12.7. The van der Waals surface area contributed by atoms with Gasteiger partial charge in [-0.05, 0) is 34.9 Å². The molecule has 132 valence electrons. The molecule has 1 atom stereocenters. The summed E-state index contributed by atoms with van der Waals surface area (Å²) >= 11 is 0. The van der Waals surface area contributed by atoms with Crippen molar-refractivity contribution in [3.8, 4) is 0 Å². The predicted octanol–water partition coefficient (Wildman–Crippen LogP) is 3.98. The van der Waals surface area contributed by atoms with Crippen molar-refractivity contribution >= 4 is 17.5 Å². The van der Waals surface area contributed by atoms with Gasteiger partial charge in [-0.15, -0.1) is 0 Å². The molecule has 2 aromatic carbocycles. The first-order valence-corrected chi connectivity index (χ1v) is 8.26. The van der Waals surface area contributed by atoms with E-state index in [9.17, 15) is 9.18 Å². The number of fused-ring (bicyclic) bond motifs is 1. The monoisotopic (exact) mass is 353 g/mol. The molecule has 0 aromatic heterocycles. The van der Waals surface area contributed by atoms with E-state index in [1.54, 1.807) is 12.1 Å². The molecule has 0 bridgehead atoms. The van der Waals surface area contributed by atoms with Crippen LogP contribution in [-0.2, 0) is 17.8 Å². The van der Waals surface area contributed by atoms with Gasteiger partial charge in [-0.1, -0.05) is 29.4 Å². The topological polar surface area (TPSA) is 81.5 Å². The summed E-state index contributed by atoms with van der Waals surface area (Å²) in [6.45, 7) is 1.61. The average molecular weight is 353 g/mol. The van der Waals surface area contributed by atoms with Crippen molar-refractivity contribution in [1.82, 2.24) is 0 Å². The zero-order chi connectivity index (χ0) is 18.1. The van der Waals surface area contributed by atoms with E-state index in [2.05, 4.69) is 10.0 Å². The van der Waals surface area contributed by atoms with Gasteiger partial charge in [0.1, 0.15) is 11.9 Å². The molecule has 2 aliphatic rings. The third kappa shape index (κ3) is 2.91. The van der Waals surface area contributed by atoms with Crippen LogP contribution in [0.1, 0.15) is 11.1 Å². The highest BCUT2D eigenvalue weighted by Crippen LogP contribution is 2.33. The van der Waals surface area contributed by atoms with Gasteiger partial charge in [0.05, 0.1) is 24.5 Å². The van der Waals surface area contributed by atoms with Crippen LogP contribution >= 0.6 is 0 Å². The lowest BCUT2D eigenvalue weighted by Crippen LogP contribution is -2.25. The molecule has 2 heterocycles. The molecule has 8 heteroatoms. The molecule has 0 spiro atoms. The Morgan fingerprint density at radius 3 is 2.62 bits per heavy atom. The number of rotatable bonds is 4. The fraction of sp³-hybridized carbons (Fsp3) is 0.278. The maximum absolute atomic E-state index is 14.7. The highest BCUT2D eigenvalue weighted by Gasteiger charge is 2.32. The van der Waals surface area contributed by atoms with Crippen LogP contribution < -0.4 is 9.80 Å². The number of anilines is 2.